The first-order valence-electron chi connectivity index (χ1n) is 6.99. The molecule has 2 aromatic rings. The highest BCUT2D eigenvalue weighted by Crippen LogP contribution is 2.20. The summed E-state index contributed by atoms with van der Waals surface area (Å²) in [7, 11) is 0. The van der Waals surface area contributed by atoms with E-state index in [0.717, 1.165) is 11.8 Å². The number of hydrogen-bond acceptors (Lipinski definition) is 5. The van der Waals surface area contributed by atoms with Crippen LogP contribution in [0.5, 0.6) is 0 Å². The van der Waals surface area contributed by atoms with E-state index < -0.39 is 11.4 Å². The first-order chi connectivity index (χ1) is 10.7. The molecule has 0 radical (unpaired) electrons. The predicted octanol–water partition coefficient (Wildman–Crippen LogP) is 3.90. The van der Waals surface area contributed by atoms with Gasteiger partial charge in [-0.2, -0.15) is 4.98 Å². The number of halogens is 2. The highest BCUT2D eigenvalue weighted by molar-refractivity contribution is 6.28. The first-order valence-corrected chi connectivity index (χ1v) is 7.36. The highest BCUT2D eigenvalue weighted by Gasteiger charge is 2.16. The number of nitrogens with zero attached hydrogens (tertiary/aromatic N) is 2. The maximum absolute atomic E-state index is 13.6. The summed E-state index contributed by atoms with van der Waals surface area (Å²) in [5, 5.41) is 2.76. The van der Waals surface area contributed by atoms with E-state index in [2.05, 4.69) is 15.3 Å². The Balaban J connectivity index is 2.11. The van der Waals surface area contributed by atoms with Gasteiger partial charge in [0.25, 0.3) is 0 Å². The number of carbonyl (C=O) groups is 1. The van der Waals surface area contributed by atoms with Gasteiger partial charge >= 0.3 is 5.97 Å². The molecule has 0 atom stereocenters. The van der Waals surface area contributed by atoms with E-state index in [1.54, 1.807) is 24.3 Å². The van der Waals surface area contributed by atoms with Gasteiger partial charge in [0.2, 0.25) is 5.28 Å². The van der Waals surface area contributed by atoms with Crippen molar-refractivity contribution in [1.29, 1.82) is 0 Å². The third-order valence-electron chi connectivity index (χ3n) is 2.67. The normalized spacial score (nSPS) is 11.2. The summed E-state index contributed by atoms with van der Waals surface area (Å²) in [5.41, 5.74) is 0.790. The van der Waals surface area contributed by atoms with Crippen molar-refractivity contribution >= 4 is 29.1 Å². The lowest BCUT2D eigenvalue weighted by Gasteiger charge is -2.19. The molecule has 7 heteroatoms. The average molecular weight is 338 g/mol. The fourth-order valence-electron chi connectivity index (χ4n) is 1.87. The van der Waals surface area contributed by atoms with Crippen molar-refractivity contribution in [3.63, 3.8) is 0 Å². The Morgan fingerprint density at radius 3 is 2.83 bits per heavy atom. The van der Waals surface area contributed by atoms with Gasteiger partial charge in [0.1, 0.15) is 5.60 Å². The van der Waals surface area contributed by atoms with Crippen molar-refractivity contribution < 1.29 is 13.9 Å². The molecule has 0 unspecified atom stereocenters. The van der Waals surface area contributed by atoms with Crippen molar-refractivity contribution in [2.24, 2.45) is 0 Å². The number of anilines is 2. The van der Waals surface area contributed by atoms with Crippen LogP contribution < -0.4 is 5.32 Å². The molecule has 0 fully saturated rings. The van der Waals surface area contributed by atoms with Gasteiger partial charge in [-0.15, -0.1) is 0 Å². The summed E-state index contributed by atoms with van der Waals surface area (Å²) in [6, 6.07) is 6.99. The number of rotatable bonds is 4. The van der Waals surface area contributed by atoms with Crippen LogP contribution >= 0.6 is 11.6 Å². The van der Waals surface area contributed by atoms with Gasteiger partial charge in [-0.05, 0) is 50.1 Å². The zero-order valence-corrected chi connectivity index (χ0v) is 13.8. The predicted molar refractivity (Wildman–Crippen MR) is 86.3 cm³/mol. The molecule has 0 bridgehead atoms. The van der Waals surface area contributed by atoms with Crippen molar-refractivity contribution in [2.75, 3.05) is 5.32 Å². The quantitative estimate of drug-likeness (QED) is 0.677. The summed E-state index contributed by atoms with van der Waals surface area (Å²) in [6.07, 6.45) is 1.11. The molecule has 122 valence electrons. The summed E-state index contributed by atoms with van der Waals surface area (Å²) < 4.78 is 18.9. The lowest BCUT2D eigenvalue weighted by Crippen LogP contribution is -2.24. The molecule has 5 nitrogen and oxygen atoms in total. The number of hydrogen-bond donors (Lipinski definition) is 1. The van der Waals surface area contributed by atoms with Gasteiger partial charge in [0.05, 0.1) is 12.6 Å². The van der Waals surface area contributed by atoms with E-state index in [0.29, 0.717) is 5.69 Å². The zero-order chi connectivity index (χ0) is 17.0. The molecule has 23 heavy (non-hydrogen) atoms. The average Bonchev–Trinajstić information content (AvgIpc) is 2.41. The molecule has 0 aliphatic rings. The number of carbonyl (C=O) groups excluding carboxylic acids is 1. The van der Waals surface area contributed by atoms with E-state index in [1.165, 1.54) is 0 Å². The van der Waals surface area contributed by atoms with Gasteiger partial charge in [-0.1, -0.05) is 12.1 Å². The van der Waals surface area contributed by atoms with Crippen LogP contribution in [0.3, 0.4) is 0 Å². The summed E-state index contributed by atoms with van der Waals surface area (Å²) in [6.45, 7) is 5.43. The molecule has 1 heterocycles. The van der Waals surface area contributed by atoms with Crippen LogP contribution in [0.25, 0.3) is 0 Å². The summed E-state index contributed by atoms with van der Waals surface area (Å²) in [5.74, 6) is -0.975. The zero-order valence-electron chi connectivity index (χ0n) is 13.1. The highest BCUT2D eigenvalue weighted by atomic mass is 35.5. The molecular weight excluding hydrogens is 321 g/mol. The second-order valence-corrected chi connectivity index (χ2v) is 6.26. The number of nitrogens with one attached hydrogen (secondary N) is 1. The van der Waals surface area contributed by atoms with Crippen LogP contribution in [0.2, 0.25) is 5.28 Å². The topological polar surface area (TPSA) is 64.1 Å². The van der Waals surface area contributed by atoms with Gasteiger partial charge in [-0.3, -0.25) is 4.79 Å². The number of aromatic nitrogens is 2. The van der Waals surface area contributed by atoms with Crippen LogP contribution in [-0.4, -0.2) is 21.5 Å². The van der Waals surface area contributed by atoms with Crippen molar-refractivity contribution in [2.45, 2.75) is 32.8 Å². The molecule has 1 aromatic carbocycles. The van der Waals surface area contributed by atoms with Crippen LogP contribution in [-0.2, 0) is 16.0 Å². The van der Waals surface area contributed by atoms with Crippen LogP contribution in [0.15, 0.2) is 30.5 Å². The molecule has 0 amide bonds. The monoisotopic (exact) mass is 337 g/mol. The third kappa shape index (κ3) is 5.49. The van der Waals surface area contributed by atoms with Gasteiger partial charge < -0.3 is 10.1 Å². The Morgan fingerprint density at radius 2 is 2.13 bits per heavy atom. The molecule has 1 N–H and O–H groups in total. The molecule has 2 rings (SSSR count). The minimum Gasteiger partial charge on any atom is -0.460 e. The third-order valence-corrected chi connectivity index (χ3v) is 2.86. The maximum Gasteiger partial charge on any atom is 0.310 e. The standard InChI is InChI=1S/C16H17ClFN3O2/c1-16(2,3)23-13(22)8-10-5-4-6-11(7-10)20-14-12(18)9-19-15(17)21-14/h4-7,9H,8H2,1-3H3,(H,19,20,21). The Morgan fingerprint density at radius 1 is 1.39 bits per heavy atom. The number of esters is 1. The molecule has 0 saturated heterocycles. The molecular formula is C16H17ClFN3O2. The Bertz CT molecular complexity index is 717. The second kappa shape index (κ2) is 6.91. The minimum atomic E-state index is -0.619. The molecule has 0 aliphatic heterocycles. The maximum atomic E-state index is 13.6. The smallest absolute Gasteiger partial charge is 0.310 e. The van der Waals surface area contributed by atoms with Gasteiger partial charge in [0.15, 0.2) is 11.6 Å². The fourth-order valence-corrected chi connectivity index (χ4v) is 2.01. The van der Waals surface area contributed by atoms with E-state index in [4.69, 9.17) is 16.3 Å². The molecule has 0 spiro atoms. The first kappa shape index (κ1) is 17.1. The number of ether oxygens (including phenoxy) is 1. The van der Waals surface area contributed by atoms with Crippen molar-refractivity contribution in [3.05, 3.63) is 47.1 Å². The van der Waals surface area contributed by atoms with E-state index >= 15 is 0 Å². The Kier molecular flexibility index (Phi) is 5.15. The van der Waals surface area contributed by atoms with Crippen LogP contribution in [0.1, 0.15) is 26.3 Å². The van der Waals surface area contributed by atoms with Crippen LogP contribution in [0, 0.1) is 5.82 Å². The fraction of sp³-hybridized carbons (Fsp3) is 0.312. The minimum absolute atomic E-state index is 0.0283. The molecule has 1 aromatic heterocycles. The Hall–Kier alpha value is -2.21. The lowest BCUT2D eigenvalue weighted by atomic mass is 10.1. The molecule has 0 saturated carbocycles. The number of benzene rings is 1. The van der Waals surface area contributed by atoms with E-state index in [9.17, 15) is 9.18 Å². The van der Waals surface area contributed by atoms with Gasteiger partial charge in [0, 0.05) is 5.69 Å². The largest absolute Gasteiger partial charge is 0.460 e. The molecule has 0 aliphatic carbocycles. The Labute approximate surface area is 138 Å². The van der Waals surface area contributed by atoms with E-state index in [1.807, 2.05) is 20.8 Å². The summed E-state index contributed by atoms with van der Waals surface area (Å²) in [4.78, 5) is 19.2. The summed E-state index contributed by atoms with van der Waals surface area (Å²) >= 11 is 5.65. The van der Waals surface area contributed by atoms with Crippen molar-refractivity contribution in [3.8, 4) is 0 Å². The van der Waals surface area contributed by atoms with Crippen LogP contribution in [0.4, 0.5) is 15.9 Å². The van der Waals surface area contributed by atoms with Gasteiger partial charge in [-0.25, -0.2) is 9.37 Å². The SMILES string of the molecule is CC(C)(C)OC(=O)Cc1cccc(Nc2nc(Cl)ncc2F)c1. The van der Waals surface area contributed by atoms with Crippen molar-refractivity contribution in [1.82, 2.24) is 9.97 Å². The van der Waals surface area contributed by atoms with E-state index in [-0.39, 0.29) is 23.5 Å². The lowest BCUT2D eigenvalue weighted by molar-refractivity contribution is -0.153. The second-order valence-electron chi connectivity index (χ2n) is 5.92.